The zero-order valence-corrected chi connectivity index (χ0v) is 21.7. The largest absolute Gasteiger partial charge is 0.493 e. The van der Waals surface area contributed by atoms with E-state index in [0.717, 1.165) is 52.1 Å². The third kappa shape index (κ3) is 6.31. The zero-order valence-electron chi connectivity index (χ0n) is 21.7. The van der Waals surface area contributed by atoms with Gasteiger partial charge in [-0.25, -0.2) is 14.8 Å². The van der Waals surface area contributed by atoms with Crippen LogP contribution in [0.5, 0.6) is 17.4 Å². The van der Waals surface area contributed by atoms with Crippen LogP contribution in [0.2, 0.25) is 0 Å². The normalized spacial score (nSPS) is 20.8. The molecule has 2 aliphatic rings. The van der Waals surface area contributed by atoms with Crippen LogP contribution in [-0.4, -0.2) is 78.7 Å². The van der Waals surface area contributed by atoms with Gasteiger partial charge in [0.1, 0.15) is 12.1 Å². The van der Waals surface area contributed by atoms with Crippen molar-refractivity contribution in [3.63, 3.8) is 0 Å². The van der Waals surface area contributed by atoms with Crippen LogP contribution in [0, 0.1) is 5.92 Å². The molecule has 1 aliphatic carbocycles. The number of benzene rings is 1. The Kier molecular flexibility index (Phi) is 8.83. The Morgan fingerprint density at radius 1 is 1.19 bits per heavy atom. The van der Waals surface area contributed by atoms with Gasteiger partial charge in [0.15, 0.2) is 11.5 Å². The van der Waals surface area contributed by atoms with Gasteiger partial charge in [0, 0.05) is 19.2 Å². The number of hydrogen-bond donors (Lipinski definition) is 2. The van der Waals surface area contributed by atoms with Gasteiger partial charge in [-0.3, -0.25) is 4.90 Å². The molecule has 4 rings (SSSR count). The standard InChI is InChI=1S/C27H36N4O6/c1-4-5-19(8-11-31-12-14-36-15-13-31)27(30-26(32)33)9-6-20(7-10-27)37-25-21-16-23(34-2)24(35-3)17-22(21)28-18-29-25/h6-7,9,16-19,30H,4-5,8,10-15H2,1-3H3,(H,32,33). The van der Waals surface area contributed by atoms with Crippen LogP contribution >= 0.6 is 0 Å². The summed E-state index contributed by atoms with van der Waals surface area (Å²) in [6, 6.07) is 3.56. The number of nitrogens with zero attached hydrogens (tertiary/aromatic N) is 3. The number of amides is 1. The van der Waals surface area contributed by atoms with Crippen molar-refractivity contribution in [1.82, 2.24) is 20.2 Å². The molecule has 0 radical (unpaired) electrons. The van der Waals surface area contributed by atoms with E-state index in [1.54, 1.807) is 26.4 Å². The smallest absolute Gasteiger partial charge is 0.405 e. The Morgan fingerprint density at radius 3 is 2.59 bits per heavy atom. The topological polar surface area (TPSA) is 115 Å². The fraction of sp³-hybridized carbons (Fsp3) is 0.519. The Morgan fingerprint density at radius 2 is 1.95 bits per heavy atom. The highest BCUT2D eigenvalue weighted by molar-refractivity contribution is 5.86. The molecule has 200 valence electrons. The van der Waals surface area contributed by atoms with Gasteiger partial charge in [-0.2, -0.15) is 0 Å². The molecule has 10 heteroatoms. The molecule has 0 spiro atoms. The molecule has 1 fully saturated rings. The molecule has 1 amide bonds. The lowest BCUT2D eigenvalue weighted by Crippen LogP contribution is -2.53. The summed E-state index contributed by atoms with van der Waals surface area (Å²) in [7, 11) is 3.14. The van der Waals surface area contributed by atoms with Crippen LogP contribution in [0.25, 0.3) is 10.9 Å². The van der Waals surface area contributed by atoms with Crippen molar-refractivity contribution in [3.8, 4) is 17.4 Å². The van der Waals surface area contributed by atoms with Gasteiger partial charge in [0.25, 0.3) is 0 Å². The molecular formula is C27H36N4O6. The predicted octanol–water partition coefficient (Wildman–Crippen LogP) is 4.01. The van der Waals surface area contributed by atoms with Crippen molar-refractivity contribution >= 4 is 17.0 Å². The summed E-state index contributed by atoms with van der Waals surface area (Å²) in [5, 5.41) is 13.2. The number of carbonyl (C=O) groups is 1. The van der Waals surface area contributed by atoms with Gasteiger partial charge in [0.05, 0.1) is 43.9 Å². The van der Waals surface area contributed by atoms with E-state index >= 15 is 0 Å². The van der Waals surface area contributed by atoms with Gasteiger partial charge in [-0.15, -0.1) is 0 Å². The second-order valence-corrected chi connectivity index (χ2v) is 9.35. The minimum absolute atomic E-state index is 0.141. The maximum absolute atomic E-state index is 11.9. The molecule has 10 nitrogen and oxygen atoms in total. The highest BCUT2D eigenvalue weighted by Crippen LogP contribution is 2.37. The minimum atomic E-state index is -1.03. The highest BCUT2D eigenvalue weighted by atomic mass is 16.5. The van der Waals surface area contributed by atoms with Crippen molar-refractivity contribution in [2.24, 2.45) is 5.92 Å². The van der Waals surface area contributed by atoms with E-state index in [-0.39, 0.29) is 5.92 Å². The van der Waals surface area contributed by atoms with E-state index in [2.05, 4.69) is 27.1 Å². The first-order valence-electron chi connectivity index (χ1n) is 12.7. The van der Waals surface area contributed by atoms with Crippen LogP contribution in [0.1, 0.15) is 32.6 Å². The van der Waals surface area contributed by atoms with E-state index < -0.39 is 11.6 Å². The summed E-state index contributed by atoms with van der Waals surface area (Å²) >= 11 is 0. The molecular weight excluding hydrogens is 476 g/mol. The molecule has 0 bridgehead atoms. The van der Waals surface area contributed by atoms with Crippen LogP contribution < -0.4 is 19.5 Å². The number of carboxylic acid groups (broad SMARTS) is 1. The van der Waals surface area contributed by atoms with Crippen molar-refractivity contribution in [1.29, 1.82) is 0 Å². The molecule has 2 aromatic rings. The second kappa shape index (κ2) is 12.2. The van der Waals surface area contributed by atoms with Crippen LogP contribution in [0.15, 0.2) is 42.4 Å². The van der Waals surface area contributed by atoms with Crippen molar-refractivity contribution in [3.05, 3.63) is 42.4 Å². The van der Waals surface area contributed by atoms with Gasteiger partial charge in [0.2, 0.25) is 5.88 Å². The second-order valence-electron chi connectivity index (χ2n) is 9.35. The fourth-order valence-corrected chi connectivity index (χ4v) is 5.13. The number of allylic oxidation sites excluding steroid dienone is 1. The minimum Gasteiger partial charge on any atom is -0.493 e. The number of methoxy groups -OCH3 is 2. The fourth-order valence-electron chi connectivity index (χ4n) is 5.13. The van der Waals surface area contributed by atoms with Crippen LogP contribution in [-0.2, 0) is 4.74 Å². The van der Waals surface area contributed by atoms with Crippen LogP contribution in [0.4, 0.5) is 4.79 Å². The van der Waals surface area contributed by atoms with E-state index in [0.29, 0.717) is 40.5 Å². The van der Waals surface area contributed by atoms with Gasteiger partial charge >= 0.3 is 6.09 Å². The third-order valence-corrected chi connectivity index (χ3v) is 7.11. The van der Waals surface area contributed by atoms with Gasteiger partial charge in [-0.05, 0) is 49.9 Å². The number of ether oxygens (including phenoxy) is 4. The highest BCUT2D eigenvalue weighted by Gasteiger charge is 2.38. The maximum Gasteiger partial charge on any atom is 0.405 e. The Hall–Kier alpha value is -3.37. The number of aromatic nitrogens is 2. The van der Waals surface area contributed by atoms with E-state index in [1.807, 2.05) is 18.2 Å². The zero-order chi connectivity index (χ0) is 26.3. The summed E-state index contributed by atoms with van der Waals surface area (Å²) in [6.45, 7) is 6.37. The molecule has 1 aromatic heterocycles. The molecule has 1 saturated heterocycles. The van der Waals surface area contributed by atoms with Crippen molar-refractivity contribution in [2.75, 3.05) is 47.1 Å². The first kappa shape index (κ1) is 26.7. The first-order chi connectivity index (χ1) is 18.0. The lowest BCUT2D eigenvalue weighted by atomic mass is 9.74. The van der Waals surface area contributed by atoms with E-state index in [9.17, 15) is 9.90 Å². The number of rotatable bonds is 11. The summed E-state index contributed by atoms with van der Waals surface area (Å²) in [5.41, 5.74) is -0.0400. The predicted molar refractivity (Wildman–Crippen MR) is 139 cm³/mol. The molecule has 1 aromatic carbocycles. The first-order valence-corrected chi connectivity index (χ1v) is 12.7. The summed E-state index contributed by atoms with van der Waals surface area (Å²) in [4.78, 5) is 22.9. The SMILES string of the molecule is CCCC(CCN1CCOCC1)C1(NC(=O)O)C=CC(Oc2ncnc3cc(OC)c(OC)cc23)=CC1. The van der Waals surface area contributed by atoms with Gasteiger partial charge in [-0.1, -0.05) is 19.4 Å². The van der Waals surface area contributed by atoms with Gasteiger partial charge < -0.3 is 29.4 Å². The lowest BCUT2D eigenvalue weighted by molar-refractivity contribution is 0.0331. The lowest BCUT2D eigenvalue weighted by Gasteiger charge is -2.40. The monoisotopic (exact) mass is 512 g/mol. The maximum atomic E-state index is 11.9. The Balaban J connectivity index is 1.54. The quantitative estimate of drug-likeness (QED) is 0.461. The number of morpholine rings is 1. The average Bonchev–Trinajstić information content (AvgIpc) is 2.91. The van der Waals surface area contributed by atoms with E-state index in [4.69, 9.17) is 18.9 Å². The Bertz CT molecular complexity index is 1150. The molecule has 0 saturated carbocycles. The molecule has 2 heterocycles. The summed E-state index contributed by atoms with van der Waals surface area (Å²) in [6.07, 6.45) is 9.39. The van der Waals surface area contributed by atoms with E-state index in [1.165, 1.54) is 6.33 Å². The van der Waals surface area contributed by atoms with Crippen LogP contribution in [0.3, 0.4) is 0 Å². The van der Waals surface area contributed by atoms with Crippen molar-refractivity contribution < 1.29 is 28.8 Å². The average molecular weight is 513 g/mol. The Labute approximate surface area is 217 Å². The third-order valence-electron chi connectivity index (χ3n) is 7.11. The molecule has 2 N–H and O–H groups in total. The molecule has 2 unspecified atom stereocenters. The molecule has 37 heavy (non-hydrogen) atoms. The number of hydrogen-bond acceptors (Lipinski definition) is 8. The number of nitrogens with one attached hydrogen (secondary N) is 1. The van der Waals surface area contributed by atoms with Crippen molar-refractivity contribution in [2.45, 2.75) is 38.1 Å². The molecule has 1 aliphatic heterocycles. The summed E-state index contributed by atoms with van der Waals surface area (Å²) < 4.78 is 22.4. The number of fused-ring (bicyclic) bond motifs is 1. The molecule has 2 atom stereocenters. The summed E-state index contributed by atoms with van der Waals surface area (Å²) in [5.74, 6) is 2.25.